The standard InChI is InChI=1S/C45H30N4S/c1-3-13-30(14-4-1)43-46-44(31-15-5-2-6-16-31)48-45(47-43)38-28-32(27-37-36-19-9-12-22-41(36)50-42(37)38)29-23-25-33(26-24-29)49-39-20-10-7-17-34(39)35-18-8-11-21-40(35)49/h1-23,25,27-28H,24,26H2. The Labute approximate surface area is 293 Å². The van der Waals surface area contributed by atoms with Gasteiger partial charge in [0.2, 0.25) is 0 Å². The first-order valence-corrected chi connectivity index (χ1v) is 17.8. The normalized spacial score (nSPS) is 13.3. The fourth-order valence-corrected chi connectivity index (χ4v) is 8.59. The summed E-state index contributed by atoms with van der Waals surface area (Å²) < 4.78 is 4.89. The molecule has 10 rings (SSSR count). The summed E-state index contributed by atoms with van der Waals surface area (Å²) in [6.07, 6.45) is 6.51. The Balaban J connectivity index is 1.17. The van der Waals surface area contributed by atoms with E-state index >= 15 is 0 Å². The Morgan fingerprint density at radius 2 is 1.02 bits per heavy atom. The lowest BCUT2D eigenvalue weighted by Gasteiger charge is -2.19. The van der Waals surface area contributed by atoms with Gasteiger partial charge in [-0.1, -0.05) is 121 Å². The second-order valence-electron chi connectivity index (χ2n) is 12.8. The molecule has 50 heavy (non-hydrogen) atoms. The van der Waals surface area contributed by atoms with Crippen LogP contribution in [-0.2, 0) is 0 Å². The van der Waals surface area contributed by atoms with Crippen molar-refractivity contribution in [1.29, 1.82) is 0 Å². The molecule has 0 radical (unpaired) electrons. The number of hydrogen-bond donors (Lipinski definition) is 0. The highest BCUT2D eigenvalue weighted by molar-refractivity contribution is 7.26. The van der Waals surface area contributed by atoms with Crippen LogP contribution >= 0.6 is 11.3 Å². The summed E-state index contributed by atoms with van der Waals surface area (Å²) in [5, 5.41) is 5.08. The van der Waals surface area contributed by atoms with E-state index in [9.17, 15) is 0 Å². The highest BCUT2D eigenvalue weighted by Crippen LogP contribution is 2.43. The van der Waals surface area contributed by atoms with Crippen molar-refractivity contribution < 1.29 is 0 Å². The average molecular weight is 659 g/mol. The molecular weight excluding hydrogens is 629 g/mol. The van der Waals surface area contributed by atoms with E-state index in [1.54, 1.807) is 0 Å². The predicted octanol–water partition coefficient (Wildman–Crippen LogP) is 12.1. The number of fused-ring (bicyclic) bond motifs is 6. The van der Waals surface area contributed by atoms with Crippen LogP contribution in [-0.4, -0.2) is 19.5 Å². The first kappa shape index (κ1) is 28.8. The van der Waals surface area contributed by atoms with E-state index in [1.807, 2.05) is 47.7 Å². The van der Waals surface area contributed by atoms with Gasteiger partial charge in [-0.25, -0.2) is 15.0 Å². The maximum Gasteiger partial charge on any atom is 0.165 e. The summed E-state index contributed by atoms with van der Waals surface area (Å²) >= 11 is 1.81. The third-order valence-electron chi connectivity index (χ3n) is 9.78. The van der Waals surface area contributed by atoms with Crippen molar-refractivity contribution in [2.75, 3.05) is 0 Å². The third kappa shape index (κ3) is 4.78. The lowest BCUT2D eigenvalue weighted by Crippen LogP contribution is -2.02. The quantitative estimate of drug-likeness (QED) is 0.185. The second-order valence-corrected chi connectivity index (χ2v) is 13.8. The van der Waals surface area contributed by atoms with Crippen LogP contribution in [0.2, 0.25) is 0 Å². The van der Waals surface area contributed by atoms with Crippen LogP contribution in [0.15, 0.2) is 158 Å². The van der Waals surface area contributed by atoms with Crippen LogP contribution in [0.1, 0.15) is 18.4 Å². The Kier molecular flexibility index (Phi) is 6.78. The minimum absolute atomic E-state index is 0.671. The minimum Gasteiger partial charge on any atom is -0.313 e. The van der Waals surface area contributed by atoms with Crippen LogP contribution in [0.3, 0.4) is 0 Å². The summed E-state index contributed by atoms with van der Waals surface area (Å²) in [4.78, 5) is 15.3. The van der Waals surface area contributed by atoms with Gasteiger partial charge in [-0.15, -0.1) is 11.3 Å². The van der Waals surface area contributed by atoms with Crippen LogP contribution in [0, 0.1) is 0 Å². The van der Waals surface area contributed by atoms with Crippen LogP contribution < -0.4 is 0 Å². The van der Waals surface area contributed by atoms with E-state index in [0.29, 0.717) is 17.5 Å². The Morgan fingerprint density at radius 1 is 0.460 bits per heavy atom. The van der Waals surface area contributed by atoms with Gasteiger partial charge in [0.05, 0.1) is 11.0 Å². The largest absolute Gasteiger partial charge is 0.313 e. The van der Waals surface area contributed by atoms with E-state index < -0.39 is 0 Å². The summed E-state index contributed by atoms with van der Waals surface area (Å²) in [7, 11) is 0. The summed E-state index contributed by atoms with van der Waals surface area (Å²) in [5.74, 6) is 2.03. The molecule has 236 valence electrons. The monoisotopic (exact) mass is 658 g/mol. The van der Waals surface area contributed by atoms with Crippen LogP contribution in [0.25, 0.3) is 87.4 Å². The first-order chi connectivity index (χ1) is 24.8. The molecule has 0 saturated carbocycles. The summed E-state index contributed by atoms with van der Waals surface area (Å²) in [6.45, 7) is 0. The Hall–Kier alpha value is -6.17. The zero-order chi connectivity index (χ0) is 33.0. The lowest BCUT2D eigenvalue weighted by atomic mass is 9.92. The van der Waals surface area contributed by atoms with Crippen molar-refractivity contribution in [3.05, 3.63) is 163 Å². The van der Waals surface area contributed by atoms with Crippen LogP contribution in [0.4, 0.5) is 0 Å². The fraction of sp³-hybridized carbons (Fsp3) is 0.0444. The number of rotatable bonds is 5. The van der Waals surface area contributed by atoms with E-state index in [4.69, 9.17) is 15.0 Å². The molecule has 0 fully saturated rings. The molecule has 0 spiro atoms. The van der Waals surface area contributed by atoms with Gasteiger partial charge in [-0.05, 0) is 60.4 Å². The Bertz CT molecular complexity index is 2700. The number of thiophene rings is 1. The summed E-state index contributed by atoms with van der Waals surface area (Å²) in [5.41, 5.74) is 9.31. The zero-order valence-corrected chi connectivity index (χ0v) is 27.9. The predicted molar refractivity (Wildman–Crippen MR) is 210 cm³/mol. The molecule has 5 heteroatoms. The number of allylic oxidation sites excluding steroid dienone is 4. The molecule has 0 bridgehead atoms. The number of hydrogen-bond acceptors (Lipinski definition) is 4. The second kappa shape index (κ2) is 11.8. The molecule has 3 heterocycles. The highest BCUT2D eigenvalue weighted by atomic mass is 32.1. The number of nitrogens with zero attached hydrogens (tertiary/aromatic N) is 4. The fourth-order valence-electron chi connectivity index (χ4n) is 7.39. The smallest absolute Gasteiger partial charge is 0.165 e. The molecule has 4 nitrogen and oxygen atoms in total. The van der Waals surface area contributed by atoms with Gasteiger partial charge < -0.3 is 4.57 Å². The number of para-hydroxylation sites is 2. The lowest BCUT2D eigenvalue weighted by molar-refractivity contribution is 0.992. The molecule has 1 aliphatic rings. The van der Waals surface area contributed by atoms with Crippen molar-refractivity contribution in [3.63, 3.8) is 0 Å². The molecule has 9 aromatic rings. The van der Waals surface area contributed by atoms with Crippen molar-refractivity contribution in [1.82, 2.24) is 19.5 Å². The van der Waals surface area contributed by atoms with Crippen molar-refractivity contribution in [2.45, 2.75) is 12.8 Å². The number of aromatic nitrogens is 4. The van der Waals surface area contributed by atoms with Gasteiger partial charge in [0.25, 0.3) is 0 Å². The van der Waals surface area contributed by atoms with E-state index in [2.05, 4.69) is 126 Å². The van der Waals surface area contributed by atoms with Gasteiger partial charge in [-0.3, -0.25) is 0 Å². The maximum absolute atomic E-state index is 5.16. The number of benzene rings is 6. The van der Waals surface area contributed by atoms with Gasteiger partial charge in [-0.2, -0.15) is 0 Å². The van der Waals surface area contributed by atoms with E-state index in [-0.39, 0.29) is 0 Å². The zero-order valence-electron chi connectivity index (χ0n) is 27.1. The molecule has 1 aliphatic carbocycles. The van der Waals surface area contributed by atoms with E-state index in [0.717, 1.165) is 29.5 Å². The first-order valence-electron chi connectivity index (χ1n) is 17.0. The van der Waals surface area contributed by atoms with Crippen LogP contribution in [0.5, 0.6) is 0 Å². The summed E-state index contributed by atoms with van der Waals surface area (Å²) in [6, 6.07) is 51.3. The minimum atomic E-state index is 0.671. The van der Waals surface area contributed by atoms with Crippen molar-refractivity contribution in [2.24, 2.45) is 0 Å². The van der Waals surface area contributed by atoms with Crippen molar-refractivity contribution >= 4 is 64.6 Å². The molecule has 0 aliphatic heterocycles. The molecular formula is C45H30N4S. The van der Waals surface area contributed by atoms with Gasteiger partial charge in [0.15, 0.2) is 17.5 Å². The SMILES string of the molecule is C1=C(c2cc(-c3nc(-c4ccccc4)nc(-c4ccccc4)n3)c3sc4ccccc4c3c2)CCC(n2c3ccccc3c3ccccc32)=C1. The molecule has 0 saturated heterocycles. The van der Waals surface area contributed by atoms with Gasteiger partial charge >= 0.3 is 0 Å². The van der Waals surface area contributed by atoms with Gasteiger partial charge in [0.1, 0.15) is 0 Å². The Morgan fingerprint density at radius 3 is 1.64 bits per heavy atom. The topological polar surface area (TPSA) is 43.6 Å². The molecule has 3 aromatic heterocycles. The molecule has 6 aromatic carbocycles. The van der Waals surface area contributed by atoms with Crippen molar-refractivity contribution in [3.8, 4) is 34.2 Å². The molecule has 0 amide bonds. The third-order valence-corrected chi connectivity index (χ3v) is 11.0. The molecule has 0 N–H and O–H groups in total. The highest BCUT2D eigenvalue weighted by Gasteiger charge is 2.21. The molecule has 0 unspecified atom stereocenters. The molecule has 0 atom stereocenters. The van der Waals surface area contributed by atoms with Gasteiger partial charge in [0, 0.05) is 53.3 Å². The average Bonchev–Trinajstić information content (AvgIpc) is 3.74. The maximum atomic E-state index is 5.16. The van der Waals surface area contributed by atoms with E-state index in [1.165, 1.54) is 58.8 Å².